The van der Waals surface area contributed by atoms with Crippen LogP contribution >= 0.6 is 11.5 Å². The Morgan fingerprint density at radius 1 is 1.44 bits per heavy atom. The Kier molecular flexibility index (Phi) is 3.26. The zero-order valence-corrected chi connectivity index (χ0v) is 11.5. The first-order valence-corrected chi connectivity index (χ1v) is 6.61. The summed E-state index contributed by atoms with van der Waals surface area (Å²) in [6, 6.07) is 7.80. The second-order valence-corrected chi connectivity index (χ2v) is 5.37. The van der Waals surface area contributed by atoms with Crippen LogP contribution < -0.4 is 4.90 Å². The van der Waals surface area contributed by atoms with Crippen LogP contribution in [0.25, 0.3) is 10.9 Å². The molecule has 1 heterocycles. The number of rotatable bonds is 4. The van der Waals surface area contributed by atoms with Gasteiger partial charge in [-0.25, -0.2) is 4.79 Å². The van der Waals surface area contributed by atoms with E-state index in [-0.39, 0.29) is 0 Å². The minimum Gasteiger partial charge on any atom is -0.480 e. The predicted molar refractivity (Wildman–Crippen MR) is 74.4 cm³/mol. The molecule has 96 valence electrons. The lowest BCUT2D eigenvalue weighted by Crippen LogP contribution is -2.50. The molecule has 0 radical (unpaired) electrons. The summed E-state index contributed by atoms with van der Waals surface area (Å²) in [6.45, 7) is 6.02. The van der Waals surface area contributed by atoms with E-state index in [0.29, 0.717) is 6.54 Å². The van der Waals surface area contributed by atoms with Gasteiger partial charge in [0.15, 0.2) is 0 Å². The average Bonchev–Trinajstić information content (AvgIpc) is 2.74. The number of benzene rings is 1. The minimum absolute atomic E-state index is 0.630. The highest BCUT2D eigenvalue weighted by Gasteiger charge is 2.35. The maximum Gasteiger partial charge on any atom is 0.328 e. The lowest BCUT2D eigenvalue weighted by molar-refractivity contribution is -0.142. The van der Waals surface area contributed by atoms with Crippen molar-refractivity contribution in [3.8, 4) is 0 Å². The van der Waals surface area contributed by atoms with Crippen molar-refractivity contribution in [3.05, 3.63) is 24.3 Å². The highest BCUT2D eigenvalue weighted by Crippen LogP contribution is 2.35. The van der Waals surface area contributed by atoms with Crippen molar-refractivity contribution in [2.45, 2.75) is 26.3 Å². The molecule has 2 aromatic rings. The summed E-state index contributed by atoms with van der Waals surface area (Å²) in [5.41, 5.74) is -0.0264. The van der Waals surface area contributed by atoms with Gasteiger partial charge >= 0.3 is 5.97 Å². The second kappa shape index (κ2) is 4.57. The standard InChI is InChI=1S/C13H16N2O2S/c1-4-15(13(2,3)12(16)17)11-9-7-5-6-8-10(9)14-18-11/h5-8H,4H2,1-3H3,(H,16,17). The topological polar surface area (TPSA) is 53.4 Å². The Labute approximate surface area is 110 Å². The number of aromatic nitrogens is 1. The van der Waals surface area contributed by atoms with E-state index in [4.69, 9.17) is 0 Å². The Morgan fingerprint density at radius 2 is 2.11 bits per heavy atom. The molecule has 0 aliphatic rings. The summed E-state index contributed by atoms with van der Waals surface area (Å²) in [5.74, 6) is -0.832. The molecule has 0 saturated heterocycles. The van der Waals surface area contributed by atoms with E-state index in [2.05, 4.69) is 4.37 Å². The largest absolute Gasteiger partial charge is 0.480 e. The molecule has 0 atom stereocenters. The normalized spacial score (nSPS) is 11.7. The van der Waals surface area contributed by atoms with Crippen molar-refractivity contribution >= 4 is 33.4 Å². The van der Waals surface area contributed by atoms with Gasteiger partial charge in [0.2, 0.25) is 0 Å². The SMILES string of the molecule is CCN(c1snc2ccccc12)C(C)(C)C(=O)O. The number of aliphatic carboxylic acids is 1. The first-order valence-electron chi connectivity index (χ1n) is 5.84. The summed E-state index contributed by atoms with van der Waals surface area (Å²) in [4.78, 5) is 13.3. The minimum atomic E-state index is -0.940. The molecule has 4 nitrogen and oxygen atoms in total. The Morgan fingerprint density at radius 3 is 2.72 bits per heavy atom. The van der Waals surface area contributed by atoms with Crippen LogP contribution in [-0.2, 0) is 4.79 Å². The van der Waals surface area contributed by atoms with E-state index in [0.717, 1.165) is 15.9 Å². The van der Waals surface area contributed by atoms with Crippen molar-refractivity contribution in [1.82, 2.24) is 4.37 Å². The number of hydrogen-bond acceptors (Lipinski definition) is 4. The van der Waals surface area contributed by atoms with E-state index < -0.39 is 11.5 Å². The molecular formula is C13H16N2O2S. The van der Waals surface area contributed by atoms with Gasteiger partial charge in [0.25, 0.3) is 0 Å². The third-order valence-electron chi connectivity index (χ3n) is 3.12. The van der Waals surface area contributed by atoms with Gasteiger partial charge in [0.05, 0.1) is 5.52 Å². The molecule has 1 aromatic carbocycles. The van der Waals surface area contributed by atoms with E-state index in [9.17, 15) is 9.90 Å². The number of likely N-dealkylation sites (N-methyl/N-ethyl adjacent to an activating group) is 1. The molecular weight excluding hydrogens is 248 g/mol. The number of fused-ring (bicyclic) bond motifs is 1. The van der Waals surface area contributed by atoms with E-state index >= 15 is 0 Å². The monoisotopic (exact) mass is 264 g/mol. The predicted octanol–water partition coefficient (Wildman–Crippen LogP) is 2.99. The molecule has 0 fully saturated rings. The van der Waals surface area contributed by atoms with Crippen LogP contribution in [0.2, 0.25) is 0 Å². The lowest BCUT2D eigenvalue weighted by atomic mass is 10.0. The summed E-state index contributed by atoms with van der Waals surface area (Å²) in [6.07, 6.45) is 0. The van der Waals surface area contributed by atoms with Gasteiger partial charge in [-0.2, -0.15) is 4.37 Å². The molecule has 1 aromatic heterocycles. The zero-order valence-electron chi connectivity index (χ0n) is 10.7. The maximum absolute atomic E-state index is 11.4. The van der Waals surface area contributed by atoms with Crippen LogP contribution in [0.3, 0.4) is 0 Å². The summed E-state index contributed by atoms with van der Waals surface area (Å²) < 4.78 is 4.37. The van der Waals surface area contributed by atoms with Crippen molar-refractivity contribution in [2.75, 3.05) is 11.4 Å². The molecule has 5 heteroatoms. The quantitative estimate of drug-likeness (QED) is 0.922. The molecule has 0 bridgehead atoms. The molecule has 0 aliphatic heterocycles. The van der Waals surface area contributed by atoms with Gasteiger partial charge in [0.1, 0.15) is 10.5 Å². The van der Waals surface area contributed by atoms with Gasteiger partial charge in [-0.15, -0.1) is 0 Å². The Hall–Kier alpha value is -1.62. The van der Waals surface area contributed by atoms with Gasteiger partial charge in [-0.05, 0) is 44.4 Å². The van der Waals surface area contributed by atoms with Crippen LogP contribution in [0.1, 0.15) is 20.8 Å². The van der Waals surface area contributed by atoms with E-state index in [1.165, 1.54) is 11.5 Å². The second-order valence-electron chi connectivity index (χ2n) is 4.61. The summed E-state index contributed by atoms with van der Waals surface area (Å²) in [7, 11) is 0. The Balaban J connectivity index is 2.54. The number of hydrogen-bond donors (Lipinski definition) is 1. The molecule has 0 unspecified atom stereocenters. The van der Waals surface area contributed by atoms with Crippen LogP contribution in [0.4, 0.5) is 5.00 Å². The van der Waals surface area contributed by atoms with Gasteiger partial charge in [-0.1, -0.05) is 12.1 Å². The third-order valence-corrected chi connectivity index (χ3v) is 4.03. The Bertz CT molecular complexity index is 577. The first-order chi connectivity index (χ1) is 8.48. The number of carboxylic acid groups (broad SMARTS) is 1. The van der Waals surface area contributed by atoms with Crippen LogP contribution in [0.5, 0.6) is 0 Å². The smallest absolute Gasteiger partial charge is 0.328 e. The van der Waals surface area contributed by atoms with Gasteiger partial charge in [0, 0.05) is 11.9 Å². The first kappa shape index (κ1) is 12.8. The summed E-state index contributed by atoms with van der Waals surface area (Å²) in [5, 5.41) is 11.3. The van der Waals surface area contributed by atoms with Crippen molar-refractivity contribution in [3.63, 3.8) is 0 Å². The molecule has 18 heavy (non-hydrogen) atoms. The van der Waals surface area contributed by atoms with Gasteiger partial charge < -0.3 is 10.0 Å². The number of anilines is 1. The summed E-state index contributed by atoms with van der Waals surface area (Å²) >= 11 is 1.35. The lowest BCUT2D eigenvalue weighted by Gasteiger charge is -2.34. The van der Waals surface area contributed by atoms with Crippen LogP contribution in [0.15, 0.2) is 24.3 Å². The van der Waals surface area contributed by atoms with Crippen LogP contribution in [-0.4, -0.2) is 27.5 Å². The highest BCUT2D eigenvalue weighted by atomic mass is 32.1. The van der Waals surface area contributed by atoms with Crippen molar-refractivity contribution < 1.29 is 9.90 Å². The fourth-order valence-electron chi connectivity index (χ4n) is 1.98. The van der Waals surface area contributed by atoms with Gasteiger partial charge in [-0.3, -0.25) is 0 Å². The highest BCUT2D eigenvalue weighted by molar-refractivity contribution is 7.11. The maximum atomic E-state index is 11.4. The molecule has 0 saturated carbocycles. The van der Waals surface area contributed by atoms with Crippen molar-refractivity contribution in [1.29, 1.82) is 0 Å². The van der Waals surface area contributed by atoms with Crippen molar-refractivity contribution in [2.24, 2.45) is 0 Å². The fraction of sp³-hybridized carbons (Fsp3) is 0.385. The number of nitrogens with zero attached hydrogens (tertiary/aromatic N) is 2. The molecule has 0 spiro atoms. The molecule has 2 rings (SSSR count). The zero-order chi connectivity index (χ0) is 13.3. The van der Waals surface area contributed by atoms with Crippen LogP contribution in [0, 0.1) is 0 Å². The third kappa shape index (κ3) is 1.95. The molecule has 0 aliphatic carbocycles. The molecule has 1 N–H and O–H groups in total. The van der Waals surface area contributed by atoms with E-state index in [1.54, 1.807) is 13.8 Å². The fourth-order valence-corrected chi connectivity index (χ4v) is 3.05. The number of carboxylic acids is 1. The average molecular weight is 264 g/mol. The molecule has 0 amide bonds. The number of carbonyl (C=O) groups is 1. The van der Waals surface area contributed by atoms with E-state index in [1.807, 2.05) is 36.1 Å².